The minimum Gasteiger partial charge on any atom is -0.336 e. The summed E-state index contributed by atoms with van der Waals surface area (Å²) < 4.78 is 0. The van der Waals surface area contributed by atoms with Crippen molar-refractivity contribution in [3.8, 4) is 0 Å². The Balaban J connectivity index is 1.85. The number of piperazine rings is 1. The van der Waals surface area contributed by atoms with Gasteiger partial charge in [-0.3, -0.25) is 9.78 Å². The molecule has 4 heteroatoms. The fourth-order valence-corrected chi connectivity index (χ4v) is 2.41. The van der Waals surface area contributed by atoms with E-state index in [4.69, 9.17) is 0 Å². The number of hydrogen-bond acceptors (Lipinski definition) is 3. The van der Waals surface area contributed by atoms with Crippen LogP contribution in [0.4, 0.5) is 0 Å². The van der Waals surface area contributed by atoms with Crippen LogP contribution in [0.25, 0.3) is 10.8 Å². The highest BCUT2D eigenvalue weighted by Gasteiger charge is 2.20. The van der Waals surface area contributed by atoms with E-state index in [1.165, 1.54) is 0 Å². The molecule has 0 spiro atoms. The molecule has 1 aliphatic rings. The smallest absolute Gasteiger partial charge is 0.253 e. The second-order valence-electron chi connectivity index (χ2n) is 5.03. The second-order valence-corrected chi connectivity index (χ2v) is 5.03. The molecule has 0 saturated carbocycles. The van der Waals surface area contributed by atoms with Gasteiger partial charge in [-0.1, -0.05) is 6.07 Å². The van der Waals surface area contributed by atoms with E-state index in [0.29, 0.717) is 0 Å². The molecule has 2 aromatic rings. The number of benzene rings is 1. The van der Waals surface area contributed by atoms with Crippen LogP contribution >= 0.6 is 0 Å². The lowest BCUT2D eigenvalue weighted by atomic mass is 10.1. The second kappa shape index (κ2) is 4.97. The predicted molar refractivity (Wildman–Crippen MR) is 75.1 cm³/mol. The molecule has 1 aromatic carbocycles. The molecule has 3 rings (SSSR count). The Bertz CT molecular complexity index is 603. The third-order valence-electron chi connectivity index (χ3n) is 3.68. The SMILES string of the molecule is CN1CCN(C(=O)c2ccc3cnccc3c2)CC1. The molecule has 1 aromatic heterocycles. The van der Waals surface area contributed by atoms with E-state index in [9.17, 15) is 4.79 Å². The average Bonchev–Trinajstić information content (AvgIpc) is 2.47. The number of aromatic nitrogens is 1. The van der Waals surface area contributed by atoms with Gasteiger partial charge in [-0.05, 0) is 30.6 Å². The number of nitrogens with zero attached hydrogens (tertiary/aromatic N) is 3. The Labute approximate surface area is 112 Å². The van der Waals surface area contributed by atoms with E-state index < -0.39 is 0 Å². The first-order valence-corrected chi connectivity index (χ1v) is 6.55. The summed E-state index contributed by atoms with van der Waals surface area (Å²) in [5.41, 5.74) is 0.767. The van der Waals surface area contributed by atoms with E-state index >= 15 is 0 Å². The van der Waals surface area contributed by atoms with Crippen molar-refractivity contribution in [2.24, 2.45) is 0 Å². The number of likely N-dealkylation sites (N-methyl/N-ethyl adjacent to an activating group) is 1. The summed E-state index contributed by atoms with van der Waals surface area (Å²) in [6.45, 7) is 3.51. The van der Waals surface area contributed by atoms with Crippen LogP contribution in [-0.4, -0.2) is 53.9 Å². The van der Waals surface area contributed by atoms with Gasteiger partial charge in [0, 0.05) is 49.5 Å². The number of rotatable bonds is 1. The Morgan fingerprint density at radius 1 is 1.11 bits per heavy atom. The van der Waals surface area contributed by atoms with Crippen LogP contribution in [-0.2, 0) is 0 Å². The maximum atomic E-state index is 12.4. The summed E-state index contributed by atoms with van der Waals surface area (Å²) in [4.78, 5) is 20.7. The highest BCUT2D eigenvalue weighted by Crippen LogP contribution is 2.16. The number of fused-ring (bicyclic) bond motifs is 1. The molecule has 98 valence electrons. The summed E-state index contributed by atoms with van der Waals surface area (Å²) in [6.07, 6.45) is 3.58. The number of carbonyl (C=O) groups is 1. The van der Waals surface area contributed by atoms with Crippen molar-refractivity contribution in [3.63, 3.8) is 0 Å². The molecule has 1 saturated heterocycles. The van der Waals surface area contributed by atoms with Crippen LogP contribution in [0.15, 0.2) is 36.7 Å². The van der Waals surface area contributed by atoms with Crippen molar-refractivity contribution in [2.45, 2.75) is 0 Å². The van der Waals surface area contributed by atoms with Crippen molar-refractivity contribution >= 4 is 16.7 Å². The summed E-state index contributed by atoms with van der Waals surface area (Å²) in [5.74, 6) is 0.131. The maximum Gasteiger partial charge on any atom is 0.253 e. The minimum absolute atomic E-state index is 0.131. The van der Waals surface area contributed by atoms with Crippen molar-refractivity contribution in [1.82, 2.24) is 14.8 Å². The van der Waals surface area contributed by atoms with Crippen molar-refractivity contribution in [2.75, 3.05) is 33.2 Å². The maximum absolute atomic E-state index is 12.4. The van der Waals surface area contributed by atoms with Crippen LogP contribution in [0, 0.1) is 0 Å². The van der Waals surface area contributed by atoms with Gasteiger partial charge >= 0.3 is 0 Å². The first kappa shape index (κ1) is 12.1. The van der Waals surface area contributed by atoms with Gasteiger partial charge in [-0.2, -0.15) is 0 Å². The summed E-state index contributed by atoms with van der Waals surface area (Å²) >= 11 is 0. The molecule has 1 aliphatic heterocycles. The molecule has 0 aliphatic carbocycles. The Kier molecular flexibility index (Phi) is 3.17. The molecule has 0 radical (unpaired) electrons. The Morgan fingerprint density at radius 2 is 1.89 bits per heavy atom. The van der Waals surface area contributed by atoms with E-state index in [2.05, 4.69) is 16.9 Å². The standard InChI is InChI=1S/C15H17N3O/c1-17-6-8-18(9-7-17)15(19)13-2-3-14-11-16-5-4-12(14)10-13/h2-5,10-11H,6-9H2,1H3. The number of hydrogen-bond donors (Lipinski definition) is 0. The van der Waals surface area contributed by atoms with Crippen LogP contribution in [0.5, 0.6) is 0 Å². The monoisotopic (exact) mass is 255 g/mol. The zero-order valence-corrected chi connectivity index (χ0v) is 11.0. The molecular formula is C15H17N3O. The molecule has 0 N–H and O–H groups in total. The van der Waals surface area contributed by atoms with Gasteiger partial charge in [-0.25, -0.2) is 0 Å². The van der Waals surface area contributed by atoms with Gasteiger partial charge in [0.1, 0.15) is 0 Å². The normalized spacial score (nSPS) is 16.8. The van der Waals surface area contributed by atoms with Crippen LogP contribution in [0.1, 0.15) is 10.4 Å². The fraction of sp³-hybridized carbons (Fsp3) is 0.333. The van der Waals surface area contributed by atoms with Gasteiger partial charge in [0.25, 0.3) is 5.91 Å². The molecule has 4 nitrogen and oxygen atoms in total. The topological polar surface area (TPSA) is 36.4 Å². The first-order chi connectivity index (χ1) is 9.24. The van der Waals surface area contributed by atoms with Crippen molar-refractivity contribution in [3.05, 3.63) is 42.2 Å². The lowest BCUT2D eigenvalue weighted by Gasteiger charge is -2.32. The quantitative estimate of drug-likeness (QED) is 0.777. The lowest BCUT2D eigenvalue weighted by Crippen LogP contribution is -2.47. The molecule has 0 unspecified atom stereocenters. The zero-order valence-electron chi connectivity index (χ0n) is 11.0. The van der Waals surface area contributed by atoms with Crippen molar-refractivity contribution < 1.29 is 4.79 Å². The number of amides is 1. The molecule has 1 amide bonds. The van der Waals surface area contributed by atoms with E-state index in [0.717, 1.165) is 42.5 Å². The lowest BCUT2D eigenvalue weighted by molar-refractivity contribution is 0.0664. The highest BCUT2D eigenvalue weighted by molar-refractivity contribution is 5.98. The van der Waals surface area contributed by atoms with Crippen LogP contribution < -0.4 is 0 Å². The van der Waals surface area contributed by atoms with E-state index in [1.54, 1.807) is 6.20 Å². The first-order valence-electron chi connectivity index (χ1n) is 6.55. The molecular weight excluding hydrogens is 238 g/mol. The van der Waals surface area contributed by atoms with E-state index in [-0.39, 0.29) is 5.91 Å². The minimum atomic E-state index is 0.131. The van der Waals surface area contributed by atoms with Gasteiger partial charge in [0.05, 0.1) is 0 Å². The number of carbonyl (C=O) groups excluding carboxylic acids is 1. The number of pyridine rings is 1. The van der Waals surface area contributed by atoms with Gasteiger partial charge in [0.2, 0.25) is 0 Å². The summed E-state index contributed by atoms with van der Waals surface area (Å²) in [6, 6.07) is 7.75. The largest absolute Gasteiger partial charge is 0.336 e. The highest BCUT2D eigenvalue weighted by atomic mass is 16.2. The molecule has 0 bridgehead atoms. The Hall–Kier alpha value is -1.94. The third-order valence-corrected chi connectivity index (χ3v) is 3.68. The van der Waals surface area contributed by atoms with Crippen LogP contribution in [0.2, 0.25) is 0 Å². The molecule has 19 heavy (non-hydrogen) atoms. The van der Waals surface area contributed by atoms with Crippen molar-refractivity contribution in [1.29, 1.82) is 0 Å². The summed E-state index contributed by atoms with van der Waals surface area (Å²) in [5, 5.41) is 2.13. The van der Waals surface area contributed by atoms with E-state index in [1.807, 2.05) is 35.4 Å². The zero-order chi connectivity index (χ0) is 13.2. The average molecular weight is 255 g/mol. The third kappa shape index (κ3) is 2.44. The molecule has 0 atom stereocenters. The predicted octanol–water partition coefficient (Wildman–Crippen LogP) is 1.62. The van der Waals surface area contributed by atoms with Gasteiger partial charge < -0.3 is 9.80 Å². The summed E-state index contributed by atoms with van der Waals surface area (Å²) in [7, 11) is 2.09. The fourth-order valence-electron chi connectivity index (χ4n) is 2.41. The van der Waals surface area contributed by atoms with Gasteiger partial charge in [0.15, 0.2) is 0 Å². The molecule has 1 fully saturated rings. The molecule has 2 heterocycles. The van der Waals surface area contributed by atoms with Crippen LogP contribution in [0.3, 0.4) is 0 Å². The Morgan fingerprint density at radius 3 is 2.68 bits per heavy atom. The van der Waals surface area contributed by atoms with Gasteiger partial charge in [-0.15, -0.1) is 0 Å².